The van der Waals surface area contributed by atoms with Gasteiger partial charge in [0.15, 0.2) is 0 Å². The highest BCUT2D eigenvalue weighted by molar-refractivity contribution is 7.09. The molecule has 1 aromatic rings. The Morgan fingerprint density at radius 2 is 2.47 bits per heavy atom. The number of hydrogen-bond donors (Lipinski definition) is 1. The normalized spacial score (nSPS) is 21.9. The fourth-order valence-corrected chi connectivity index (χ4v) is 3.23. The van der Waals surface area contributed by atoms with Crippen LogP contribution < -0.4 is 5.32 Å². The molecule has 0 spiro atoms. The number of likely N-dealkylation sites (tertiary alicyclic amines) is 1. The van der Waals surface area contributed by atoms with Crippen molar-refractivity contribution < 1.29 is 0 Å². The SMILES string of the molecule is Cc1csc(CCNCC2CCCN(C)C2)n1. The fraction of sp³-hybridized carbons (Fsp3) is 0.769. The highest BCUT2D eigenvalue weighted by Gasteiger charge is 2.16. The predicted octanol–water partition coefficient (Wildman–Crippen LogP) is 1.93. The first-order valence-corrected chi connectivity index (χ1v) is 7.42. The Labute approximate surface area is 108 Å². The van der Waals surface area contributed by atoms with Crippen molar-refractivity contribution in [3.8, 4) is 0 Å². The van der Waals surface area contributed by atoms with E-state index in [-0.39, 0.29) is 0 Å². The molecule has 0 saturated carbocycles. The second kappa shape index (κ2) is 6.47. The van der Waals surface area contributed by atoms with Crippen LogP contribution in [-0.4, -0.2) is 43.1 Å². The quantitative estimate of drug-likeness (QED) is 0.813. The lowest BCUT2D eigenvalue weighted by molar-refractivity contribution is 0.206. The molecule has 2 heterocycles. The van der Waals surface area contributed by atoms with Gasteiger partial charge in [0.2, 0.25) is 0 Å². The van der Waals surface area contributed by atoms with Gasteiger partial charge in [-0.25, -0.2) is 4.98 Å². The first-order valence-electron chi connectivity index (χ1n) is 6.54. The third-order valence-corrected chi connectivity index (χ3v) is 4.36. The van der Waals surface area contributed by atoms with E-state index >= 15 is 0 Å². The lowest BCUT2D eigenvalue weighted by atomic mass is 9.98. The molecule has 4 heteroatoms. The molecule has 1 unspecified atom stereocenters. The van der Waals surface area contributed by atoms with E-state index in [9.17, 15) is 0 Å². The Hall–Kier alpha value is -0.450. The maximum Gasteiger partial charge on any atom is 0.0940 e. The monoisotopic (exact) mass is 253 g/mol. The van der Waals surface area contributed by atoms with E-state index < -0.39 is 0 Å². The third-order valence-electron chi connectivity index (χ3n) is 3.34. The standard InChI is InChI=1S/C13H23N3S/c1-11-10-17-13(15-11)5-6-14-8-12-4-3-7-16(2)9-12/h10,12,14H,3-9H2,1-2H3. The fourth-order valence-electron chi connectivity index (χ4n) is 2.46. The predicted molar refractivity (Wildman–Crippen MR) is 73.6 cm³/mol. The van der Waals surface area contributed by atoms with Crippen LogP contribution in [0.3, 0.4) is 0 Å². The Morgan fingerprint density at radius 3 is 3.18 bits per heavy atom. The lowest BCUT2D eigenvalue weighted by Gasteiger charge is -2.29. The third kappa shape index (κ3) is 4.37. The van der Waals surface area contributed by atoms with Gasteiger partial charge in [0.25, 0.3) is 0 Å². The van der Waals surface area contributed by atoms with Gasteiger partial charge in [0, 0.05) is 30.6 Å². The van der Waals surface area contributed by atoms with E-state index in [1.54, 1.807) is 11.3 Å². The summed E-state index contributed by atoms with van der Waals surface area (Å²) in [5.74, 6) is 0.840. The first kappa shape index (κ1) is 13.0. The minimum atomic E-state index is 0.840. The van der Waals surface area contributed by atoms with Crippen LogP contribution in [0.15, 0.2) is 5.38 Å². The average molecular weight is 253 g/mol. The molecule has 0 bridgehead atoms. The molecular formula is C13H23N3S. The molecule has 2 rings (SSSR count). The molecule has 1 saturated heterocycles. The van der Waals surface area contributed by atoms with Gasteiger partial charge >= 0.3 is 0 Å². The van der Waals surface area contributed by atoms with Gasteiger partial charge in [-0.15, -0.1) is 11.3 Å². The van der Waals surface area contributed by atoms with E-state index in [1.807, 2.05) is 0 Å². The highest BCUT2D eigenvalue weighted by Crippen LogP contribution is 2.14. The number of aryl methyl sites for hydroxylation is 1. The number of nitrogens with zero attached hydrogens (tertiary/aromatic N) is 2. The van der Waals surface area contributed by atoms with Crippen LogP contribution in [0.25, 0.3) is 0 Å². The molecule has 1 N–H and O–H groups in total. The van der Waals surface area contributed by atoms with E-state index in [2.05, 4.69) is 34.6 Å². The van der Waals surface area contributed by atoms with Crippen molar-refractivity contribution in [2.24, 2.45) is 5.92 Å². The summed E-state index contributed by atoms with van der Waals surface area (Å²) in [6, 6.07) is 0. The number of rotatable bonds is 5. The van der Waals surface area contributed by atoms with Crippen LogP contribution in [0.5, 0.6) is 0 Å². The molecular weight excluding hydrogens is 230 g/mol. The van der Waals surface area contributed by atoms with Gasteiger partial charge in [-0.3, -0.25) is 0 Å². The van der Waals surface area contributed by atoms with E-state index in [0.29, 0.717) is 0 Å². The molecule has 1 aliphatic rings. The zero-order valence-electron chi connectivity index (χ0n) is 10.9. The lowest BCUT2D eigenvalue weighted by Crippen LogP contribution is -2.37. The summed E-state index contributed by atoms with van der Waals surface area (Å²) in [5.41, 5.74) is 1.15. The van der Waals surface area contributed by atoms with Crippen LogP contribution in [-0.2, 0) is 6.42 Å². The average Bonchev–Trinajstić information content (AvgIpc) is 2.71. The number of nitrogens with one attached hydrogen (secondary N) is 1. The summed E-state index contributed by atoms with van der Waals surface area (Å²) in [4.78, 5) is 6.92. The number of piperidine rings is 1. The maximum absolute atomic E-state index is 4.48. The van der Waals surface area contributed by atoms with Crippen molar-refractivity contribution in [2.75, 3.05) is 33.2 Å². The van der Waals surface area contributed by atoms with Crippen molar-refractivity contribution in [3.05, 3.63) is 16.1 Å². The van der Waals surface area contributed by atoms with Gasteiger partial charge in [-0.2, -0.15) is 0 Å². The van der Waals surface area contributed by atoms with Gasteiger partial charge in [0.1, 0.15) is 0 Å². The second-order valence-corrected chi connectivity index (χ2v) is 6.05. The zero-order chi connectivity index (χ0) is 12.1. The van der Waals surface area contributed by atoms with Crippen molar-refractivity contribution in [3.63, 3.8) is 0 Å². The van der Waals surface area contributed by atoms with Crippen LogP contribution in [0.1, 0.15) is 23.5 Å². The maximum atomic E-state index is 4.48. The first-order chi connectivity index (χ1) is 8.24. The number of hydrogen-bond acceptors (Lipinski definition) is 4. The number of aromatic nitrogens is 1. The number of thiazole rings is 1. The Morgan fingerprint density at radius 1 is 1.59 bits per heavy atom. The van der Waals surface area contributed by atoms with Gasteiger partial charge in [-0.1, -0.05) is 0 Å². The Balaban J connectivity index is 1.59. The molecule has 1 atom stereocenters. The molecule has 3 nitrogen and oxygen atoms in total. The van der Waals surface area contributed by atoms with Crippen LogP contribution in [0.4, 0.5) is 0 Å². The summed E-state index contributed by atoms with van der Waals surface area (Å²) in [6.45, 7) is 6.81. The minimum absolute atomic E-state index is 0.840. The van der Waals surface area contributed by atoms with Crippen LogP contribution in [0.2, 0.25) is 0 Å². The second-order valence-electron chi connectivity index (χ2n) is 5.11. The van der Waals surface area contributed by atoms with E-state index in [4.69, 9.17) is 0 Å². The molecule has 0 amide bonds. The van der Waals surface area contributed by atoms with Crippen molar-refractivity contribution in [2.45, 2.75) is 26.2 Å². The summed E-state index contributed by atoms with van der Waals surface area (Å²) in [6.07, 6.45) is 3.81. The van der Waals surface area contributed by atoms with Gasteiger partial charge < -0.3 is 10.2 Å². The van der Waals surface area contributed by atoms with Gasteiger partial charge in [0.05, 0.1) is 5.01 Å². The van der Waals surface area contributed by atoms with Gasteiger partial charge in [-0.05, 0) is 45.8 Å². The molecule has 17 heavy (non-hydrogen) atoms. The summed E-state index contributed by atoms with van der Waals surface area (Å²) in [5, 5.41) is 6.96. The molecule has 0 radical (unpaired) electrons. The highest BCUT2D eigenvalue weighted by atomic mass is 32.1. The van der Waals surface area contributed by atoms with E-state index in [1.165, 1.54) is 30.9 Å². The Bertz CT molecular complexity index is 337. The Kier molecular flexibility index (Phi) is 4.95. The molecule has 1 fully saturated rings. The van der Waals surface area contributed by atoms with Crippen molar-refractivity contribution >= 4 is 11.3 Å². The summed E-state index contributed by atoms with van der Waals surface area (Å²) < 4.78 is 0. The molecule has 96 valence electrons. The minimum Gasteiger partial charge on any atom is -0.316 e. The largest absolute Gasteiger partial charge is 0.316 e. The van der Waals surface area contributed by atoms with Crippen molar-refractivity contribution in [1.82, 2.24) is 15.2 Å². The molecule has 0 aliphatic carbocycles. The van der Waals surface area contributed by atoms with Crippen LogP contribution >= 0.6 is 11.3 Å². The zero-order valence-corrected chi connectivity index (χ0v) is 11.7. The smallest absolute Gasteiger partial charge is 0.0940 e. The molecule has 1 aromatic heterocycles. The summed E-state index contributed by atoms with van der Waals surface area (Å²) >= 11 is 1.78. The molecule has 1 aliphatic heterocycles. The topological polar surface area (TPSA) is 28.2 Å². The van der Waals surface area contributed by atoms with Crippen LogP contribution in [0, 0.1) is 12.8 Å². The molecule has 0 aromatic carbocycles. The summed E-state index contributed by atoms with van der Waals surface area (Å²) in [7, 11) is 2.23. The van der Waals surface area contributed by atoms with Crippen molar-refractivity contribution in [1.29, 1.82) is 0 Å². The van der Waals surface area contributed by atoms with E-state index in [0.717, 1.165) is 31.1 Å².